The van der Waals surface area contributed by atoms with Gasteiger partial charge in [-0.3, -0.25) is 9.59 Å². The number of carboxylic acid groups (broad SMARTS) is 1. The summed E-state index contributed by atoms with van der Waals surface area (Å²) in [4.78, 5) is 35.5. The van der Waals surface area contributed by atoms with E-state index in [0.29, 0.717) is 12.1 Å². The first kappa shape index (κ1) is 14.7. The predicted molar refractivity (Wildman–Crippen MR) is 69.0 cm³/mol. The minimum atomic E-state index is -1.04. The quantitative estimate of drug-likeness (QED) is 0.815. The molecular weight excluding hydrogens is 248 g/mol. The minimum absolute atomic E-state index is 0.0213. The van der Waals surface area contributed by atoms with E-state index in [4.69, 9.17) is 5.11 Å². The molecule has 0 atom stereocenters. The standard InChI is InChI=1S/C13H16N2O4/c1-3-15(8-11(16)14-2)12(17)9-4-6-10(7-5-9)13(18)19/h4-7H,3,8H2,1-2H3,(H,14,16)(H,18,19). The van der Waals surface area contributed by atoms with Gasteiger partial charge in [-0.25, -0.2) is 4.79 Å². The average Bonchev–Trinajstić information content (AvgIpc) is 2.43. The molecule has 2 amide bonds. The van der Waals surface area contributed by atoms with Gasteiger partial charge in [-0.05, 0) is 31.2 Å². The lowest BCUT2D eigenvalue weighted by Crippen LogP contribution is -2.39. The number of nitrogens with one attached hydrogen (secondary N) is 1. The second-order valence-electron chi connectivity index (χ2n) is 3.88. The van der Waals surface area contributed by atoms with Crippen LogP contribution in [0.15, 0.2) is 24.3 Å². The summed E-state index contributed by atoms with van der Waals surface area (Å²) in [6, 6.07) is 5.61. The maximum Gasteiger partial charge on any atom is 0.335 e. The normalized spacial score (nSPS) is 9.79. The molecule has 0 bridgehead atoms. The van der Waals surface area contributed by atoms with Crippen LogP contribution in [0.5, 0.6) is 0 Å². The largest absolute Gasteiger partial charge is 0.478 e. The number of rotatable bonds is 5. The predicted octanol–water partition coefficient (Wildman–Crippen LogP) is 0.593. The van der Waals surface area contributed by atoms with Crippen molar-refractivity contribution in [3.63, 3.8) is 0 Å². The molecule has 0 unspecified atom stereocenters. The summed E-state index contributed by atoms with van der Waals surface area (Å²) in [5.74, 6) is -1.60. The summed E-state index contributed by atoms with van der Waals surface area (Å²) < 4.78 is 0. The van der Waals surface area contributed by atoms with E-state index in [-0.39, 0.29) is 23.9 Å². The van der Waals surface area contributed by atoms with Crippen LogP contribution in [0.2, 0.25) is 0 Å². The van der Waals surface area contributed by atoms with Gasteiger partial charge in [-0.15, -0.1) is 0 Å². The maximum absolute atomic E-state index is 12.1. The second-order valence-corrected chi connectivity index (χ2v) is 3.88. The molecule has 6 nitrogen and oxygen atoms in total. The molecule has 0 heterocycles. The third kappa shape index (κ3) is 3.80. The Morgan fingerprint density at radius 2 is 1.68 bits per heavy atom. The Bertz CT molecular complexity index is 482. The molecule has 19 heavy (non-hydrogen) atoms. The highest BCUT2D eigenvalue weighted by atomic mass is 16.4. The molecule has 0 aliphatic carbocycles. The molecule has 6 heteroatoms. The number of carboxylic acids is 1. The van der Waals surface area contributed by atoms with Crippen LogP contribution in [0.4, 0.5) is 0 Å². The lowest BCUT2D eigenvalue weighted by atomic mass is 10.1. The van der Waals surface area contributed by atoms with E-state index in [0.717, 1.165) is 0 Å². The van der Waals surface area contributed by atoms with Gasteiger partial charge in [-0.2, -0.15) is 0 Å². The van der Waals surface area contributed by atoms with Crippen LogP contribution in [0.25, 0.3) is 0 Å². The average molecular weight is 264 g/mol. The number of hydrogen-bond donors (Lipinski definition) is 2. The molecule has 0 aromatic heterocycles. The Morgan fingerprint density at radius 3 is 2.11 bits per heavy atom. The summed E-state index contributed by atoms with van der Waals surface area (Å²) in [7, 11) is 1.50. The SMILES string of the molecule is CCN(CC(=O)NC)C(=O)c1ccc(C(=O)O)cc1. The zero-order valence-electron chi connectivity index (χ0n) is 10.8. The van der Waals surface area contributed by atoms with Crippen molar-refractivity contribution in [3.05, 3.63) is 35.4 Å². The third-order valence-electron chi connectivity index (χ3n) is 2.66. The number of aromatic carboxylic acids is 1. The third-order valence-corrected chi connectivity index (χ3v) is 2.66. The van der Waals surface area contributed by atoms with Crippen molar-refractivity contribution in [2.45, 2.75) is 6.92 Å². The zero-order chi connectivity index (χ0) is 14.4. The van der Waals surface area contributed by atoms with Gasteiger partial charge in [0.05, 0.1) is 12.1 Å². The van der Waals surface area contributed by atoms with Gasteiger partial charge in [0.15, 0.2) is 0 Å². The van der Waals surface area contributed by atoms with E-state index in [1.54, 1.807) is 6.92 Å². The first-order valence-corrected chi connectivity index (χ1v) is 5.82. The highest BCUT2D eigenvalue weighted by molar-refractivity contribution is 5.97. The van der Waals surface area contributed by atoms with Crippen LogP contribution >= 0.6 is 0 Å². The van der Waals surface area contributed by atoms with Crippen LogP contribution in [-0.2, 0) is 4.79 Å². The van der Waals surface area contributed by atoms with E-state index < -0.39 is 5.97 Å². The Morgan fingerprint density at radius 1 is 1.16 bits per heavy atom. The van der Waals surface area contributed by atoms with Crippen molar-refractivity contribution < 1.29 is 19.5 Å². The Balaban J connectivity index is 2.85. The fourth-order valence-corrected chi connectivity index (χ4v) is 1.52. The van der Waals surface area contributed by atoms with Crippen molar-refractivity contribution in [3.8, 4) is 0 Å². The second kappa shape index (κ2) is 6.53. The first-order chi connectivity index (χ1) is 8.99. The molecule has 0 saturated carbocycles. The Kier molecular flexibility index (Phi) is 5.05. The number of carbonyl (C=O) groups is 3. The number of carbonyl (C=O) groups excluding carboxylic acids is 2. The molecule has 0 aliphatic rings. The van der Waals surface area contributed by atoms with Crippen molar-refractivity contribution >= 4 is 17.8 Å². The molecule has 0 aliphatic heterocycles. The van der Waals surface area contributed by atoms with Gasteiger partial charge in [-0.1, -0.05) is 0 Å². The van der Waals surface area contributed by atoms with E-state index in [1.165, 1.54) is 36.2 Å². The number of nitrogens with zero attached hydrogens (tertiary/aromatic N) is 1. The summed E-state index contributed by atoms with van der Waals surface area (Å²) >= 11 is 0. The van der Waals surface area contributed by atoms with E-state index in [9.17, 15) is 14.4 Å². The van der Waals surface area contributed by atoms with Crippen molar-refractivity contribution in [2.24, 2.45) is 0 Å². The molecule has 1 aromatic rings. The molecule has 102 valence electrons. The summed E-state index contributed by atoms with van der Waals surface area (Å²) in [6.07, 6.45) is 0. The first-order valence-electron chi connectivity index (χ1n) is 5.82. The molecular formula is C13H16N2O4. The maximum atomic E-state index is 12.1. The summed E-state index contributed by atoms with van der Waals surface area (Å²) in [5.41, 5.74) is 0.474. The molecule has 1 aromatic carbocycles. The van der Waals surface area contributed by atoms with Crippen molar-refractivity contribution in [1.29, 1.82) is 0 Å². The van der Waals surface area contributed by atoms with E-state index in [1.807, 2.05) is 0 Å². The monoisotopic (exact) mass is 264 g/mol. The van der Waals surface area contributed by atoms with Gasteiger partial charge in [0.1, 0.15) is 0 Å². The van der Waals surface area contributed by atoms with Gasteiger partial charge in [0.2, 0.25) is 5.91 Å². The summed E-state index contributed by atoms with van der Waals surface area (Å²) in [5, 5.41) is 11.2. The van der Waals surface area contributed by atoms with Gasteiger partial charge >= 0.3 is 5.97 Å². The lowest BCUT2D eigenvalue weighted by Gasteiger charge is -2.19. The van der Waals surface area contributed by atoms with Gasteiger partial charge in [0, 0.05) is 19.2 Å². The van der Waals surface area contributed by atoms with Crippen LogP contribution in [0, 0.1) is 0 Å². The minimum Gasteiger partial charge on any atom is -0.478 e. The number of amides is 2. The highest BCUT2D eigenvalue weighted by Gasteiger charge is 2.17. The molecule has 1 rings (SSSR count). The fraction of sp³-hybridized carbons (Fsp3) is 0.308. The zero-order valence-corrected chi connectivity index (χ0v) is 10.8. The van der Waals surface area contributed by atoms with Gasteiger partial charge in [0.25, 0.3) is 5.91 Å². The van der Waals surface area contributed by atoms with Crippen LogP contribution < -0.4 is 5.32 Å². The lowest BCUT2D eigenvalue weighted by molar-refractivity contribution is -0.121. The number of likely N-dealkylation sites (N-methyl/N-ethyl adjacent to an activating group) is 2. The fourth-order valence-electron chi connectivity index (χ4n) is 1.52. The topological polar surface area (TPSA) is 86.7 Å². The molecule has 0 fully saturated rings. The Labute approximate surface area is 111 Å². The molecule has 0 radical (unpaired) electrons. The number of hydrogen-bond acceptors (Lipinski definition) is 3. The molecule has 0 spiro atoms. The van der Waals surface area contributed by atoms with E-state index >= 15 is 0 Å². The smallest absolute Gasteiger partial charge is 0.335 e. The van der Waals surface area contributed by atoms with Crippen molar-refractivity contribution in [1.82, 2.24) is 10.2 Å². The molecule has 2 N–H and O–H groups in total. The number of benzene rings is 1. The summed E-state index contributed by atoms with van der Waals surface area (Å²) in [6.45, 7) is 2.14. The highest BCUT2D eigenvalue weighted by Crippen LogP contribution is 2.08. The van der Waals surface area contributed by atoms with Crippen LogP contribution in [-0.4, -0.2) is 47.9 Å². The van der Waals surface area contributed by atoms with Crippen molar-refractivity contribution in [2.75, 3.05) is 20.1 Å². The Hall–Kier alpha value is -2.37. The molecule has 0 saturated heterocycles. The van der Waals surface area contributed by atoms with Crippen LogP contribution in [0.1, 0.15) is 27.6 Å². The van der Waals surface area contributed by atoms with Crippen LogP contribution in [0.3, 0.4) is 0 Å². The van der Waals surface area contributed by atoms with E-state index in [2.05, 4.69) is 5.32 Å². The van der Waals surface area contributed by atoms with Gasteiger partial charge < -0.3 is 15.3 Å².